The van der Waals surface area contributed by atoms with E-state index in [1.807, 2.05) is 24.3 Å². The predicted octanol–water partition coefficient (Wildman–Crippen LogP) is 1.91. The first-order valence-corrected chi connectivity index (χ1v) is 6.46. The predicted molar refractivity (Wildman–Crippen MR) is 75.1 cm³/mol. The van der Waals surface area contributed by atoms with Gasteiger partial charge in [-0.2, -0.15) is 0 Å². The molecule has 1 aromatic carbocycles. The maximum atomic E-state index is 12.0. The molecule has 0 amide bonds. The molecule has 0 unspecified atom stereocenters. The number of ether oxygens (including phenoxy) is 1. The van der Waals surface area contributed by atoms with Crippen molar-refractivity contribution >= 4 is 11.7 Å². The summed E-state index contributed by atoms with van der Waals surface area (Å²) >= 11 is 0. The summed E-state index contributed by atoms with van der Waals surface area (Å²) in [6.45, 7) is 1.77. The van der Waals surface area contributed by atoms with Crippen LogP contribution in [0.3, 0.4) is 0 Å². The Hall–Kier alpha value is -2.40. The van der Waals surface area contributed by atoms with Crippen LogP contribution in [0.15, 0.2) is 42.7 Å². The van der Waals surface area contributed by atoms with Gasteiger partial charge in [-0.05, 0) is 41.5 Å². The van der Waals surface area contributed by atoms with E-state index in [2.05, 4.69) is 15.6 Å². The van der Waals surface area contributed by atoms with Gasteiger partial charge in [0.2, 0.25) is 0 Å². The first kappa shape index (κ1) is 12.6. The summed E-state index contributed by atoms with van der Waals surface area (Å²) in [5.41, 5.74) is 3.64. The van der Waals surface area contributed by atoms with E-state index in [-0.39, 0.29) is 12.6 Å². The molecule has 5 nitrogen and oxygen atoms in total. The quantitative estimate of drug-likeness (QED) is 0.833. The number of nitrogens with zero attached hydrogens (tertiary/aromatic N) is 1. The van der Waals surface area contributed by atoms with Gasteiger partial charge in [-0.1, -0.05) is 0 Å². The van der Waals surface area contributed by atoms with Gasteiger partial charge in [0.1, 0.15) is 6.61 Å². The number of nitrogens with one attached hydrogen (secondary N) is 2. The Balaban J connectivity index is 1.68. The van der Waals surface area contributed by atoms with E-state index < -0.39 is 0 Å². The average molecular weight is 269 g/mol. The fourth-order valence-corrected chi connectivity index (χ4v) is 2.11. The number of hydrogen-bond acceptors (Lipinski definition) is 5. The third kappa shape index (κ3) is 2.78. The SMILES string of the molecule is O=C(OCc1ccncc1)c1ccc2c(c1)CNCN2. The van der Waals surface area contributed by atoms with Crippen molar-refractivity contribution in [1.29, 1.82) is 0 Å². The van der Waals surface area contributed by atoms with Crippen LogP contribution in [0.25, 0.3) is 0 Å². The zero-order valence-corrected chi connectivity index (χ0v) is 10.9. The van der Waals surface area contributed by atoms with Crippen LogP contribution < -0.4 is 10.6 Å². The van der Waals surface area contributed by atoms with Crippen molar-refractivity contribution in [3.63, 3.8) is 0 Å². The Labute approximate surface area is 117 Å². The number of benzene rings is 1. The third-order valence-electron chi connectivity index (χ3n) is 3.18. The van der Waals surface area contributed by atoms with E-state index in [9.17, 15) is 4.79 Å². The van der Waals surface area contributed by atoms with E-state index in [1.54, 1.807) is 18.5 Å². The fourth-order valence-electron chi connectivity index (χ4n) is 2.11. The highest BCUT2D eigenvalue weighted by atomic mass is 16.5. The van der Waals surface area contributed by atoms with Crippen LogP contribution in [-0.2, 0) is 17.9 Å². The van der Waals surface area contributed by atoms with Crippen LogP contribution >= 0.6 is 0 Å². The number of anilines is 1. The molecular weight excluding hydrogens is 254 g/mol. The Bertz CT molecular complexity index is 614. The van der Waals surface area contributed by atoms with Crippen molar-refractivity contribution in [3.8, 4) is 0 Å². The maximum absolute atomic E-state index is 12.0. The molecule has 0 saturated heterocycles. The molecule has 0 atom stereocenters. The number of hydrogen-bond donors (Lipinski definition) is 2. The van der Waals surface area contributed by atoms with E-state index in [4.69, 9.17) is 4.74 Å². The Morgan fingerprint density at radius 3 is 2.95 bits per heavy atom. The van der Waals surface area contributed by atoms with E-state index >= 15 is 0 Å². The summed E-state index contributed by atoms with van der Waals surface area (Å²) in [7, 11) is 0. The molecule has 0 saturated carbocycles. The highest BCUT2D eigenvalue weighted by molar-refractivity contribution is 5.90. The van der Waals surface area contributed by atoms with Crippen molar-refractivity contribution in [1.82, 2.24) is 10.3 Å². The van der Waals surface area contributed by atoms with Crippen LogP contribution in [0.2, 0.25) is 0 Å². The van der Waals surface area contributed by atoms with Gasteiger partial charge in [0, 0.05) is 24.6 Å². The van der Waals surface area contributed by atoms with Gasteiger partial charge < -0.3 is 10.1 Å². The van der Waals surface area contributed by atoms with Crippen molar-refractivity contribution in [3.05, 3.63) is 59.4 Å². The number of rotatable bonds is 3. The molecule has 2 heterocycles. The smallest absolute Gasteiger partial charge is 0.338 e. The number of pyridine rings is 1. The van der Waals surface area contributed by atoms with Crippen molar-refractivity contribution in [2.75, 3.05) is 12.0 Å². The van der Waals surface area contributed by atoms with Gasteiger partial charge in [-0.15, -0.1) is 0 Å². The minimum atomic E-state index is -0.310. The molecule has 20 heavy (non-hydrogen) atoms. The second-order valence-corrected chi connectivity index (χ2v) is 4.58. The lowest BCUT2D eigenvalue weighted by molar-refractivity contribution is 0.0472. The molecule has 0 bridgehead atoms. The van der Waals surface area contributed by atoms with Crippen molar-refractivity contribution < 1.29 is 9.53 Å². The molecule has 0 spiro atoms. The molecule has 2 N–H and O–H groups in total. The van der Waals surface area contributed by atoms with E-state index in [1.165, 1.54) is 0 Å². The second-order valence-electron chi connectivity index (χ2n) is 4.58. The van der Waals surface area contributed by atoms with E-state index in [0.717, 1.165) is 30.0 Å². The van der Waals surface area contributed by atoms with Crippen molar-refractivity contribution in [2.24, 2.45) is 0 Å². The summed E-state index contributed by atoms with van der Waals surface area (Å²) in [5, 5.41) is 6.41. The monoisotopic (exact) mass is 269 g/mol. The standard InChI is InChI=1S/C15H15N3O2/c19-15(20-9-11-3-5-16-6-4-11)12-1-2-14-13(7-12)8-17-10-18-14/h1-7,17-18H,8-10H2. The summed E-state index contributed by atoms with van der Waals surface area (Å²) in [5.74, 6) is -0.310. The largest absolute Gasteiger partial charge is 0.457 e. The first-order chi connectivity index (χ1) is 9.83. The zero-order valence-electron chi connectivity index (χ0n) is 10.9. The molecule has 0 radical (unpaired) electrons. The first-order valence-electron chi connectivity index (χ1n) is 6.46. The molecule has 0 fully saturated rings. The van der Waals surface area contributed by atoms with Gasteiger partial charge in [-0.3, -0.25) is 10.3 Å². The topological polar surface area (TPSA) is 63.2 Å². The number of carbonyl (C=O) groups excluding carboxylic acids is 1. The fraction of sp³-hybridized carbons (Fsp3) is 0.200. The van der Waals surface area contributed by atoms with Gasteiger partial charge in [0.25, 0.3) is 0 Å². The number of esters is 1. The number of fused-ring (bicyclic) bond motifs is 1. The lowest BCUT2D eigenvalue weighted by Gasteiger charge is -2.19. The van der Waals surface area contributed by atoms with Crippen molar-refractivity contribution in [2.45, 2.75) is 13.2 Å². The lowest BCUT2D eigenvalue weighted by atomic mass is 10.1. The molecule has 1 aliphatic rings. The molecular formula is C15H15N3O2. The molecule has 102 valence electrons. The Morgan fingerprint density at radius 2 is 2.10 bits per heavy atom. The normalized spacial score (nSPS) is 13.2. The minimum Gasteiger partial charge on any atom is -0.457 e. The molecule has 5 heteroatoms. The van der Waals surface area contributed by atoms with Crippen LogP contribution in [0.4, 0.5) is 5.69 Å². The van der Waals surface area contributed by atoms with Gasteiger partial charge in [-0.25, -0.2) is 4.79 Å². The summed E-state index contributed by atoms with van der Waals surface area (Å²) in [6.07, 6.45) is 3.36. The van der Waals surface area contributed by atoms with Crippen LogP contribution in [0, 0.1) is 0 Å². The van der Waals surface area contributed by atoms with Crippen LogP contribution in [-0.4, -0.2) is 17.6 Å². The second kappa shape index (κ2) is 5.71. The average Bonchev–Trinajstić information content (AvgIpc) is 2.53. The Morgan fingerprint density at radius 1 is 1.25 bits per heavy atom. The van der Waals surface area contributed by atoms with Crippen LogP contribution in [0.5, 0.6) is 0 Å². The molecule has 3 rings (SSSR count). The lowest BCUT2D eigenvalue weighted by Crippen LogP contribution is -2.27. The van der Waals surface area contributed by atoms with Gasteiger partial charge in [0.05, 0.1) is 12.2 Å². The number of carbonyl (C=O) groups is 1. The molecule has 0 aliphatic carbocycles. The van der Waals surface area contributed by atoms with E-state index in [0.29, 0.717) is 5.56 Å². The highest BCUT2D eigenvalue weighted by Gasteiger charge is 2.13. The molecule has 1 aromatic heterocycles. The number of aromatic nitrogens is 1. The van der Waals surface area contributed by atoms with Crippen LogP contribution in [0.1, 0.15) is 21.5 Å². The highest BCUT2D eigenvalue weighted by Crippen LogP contribution is 2.20. The summed E-state index contributed by atoms with van der Waals surface area (Å²) < 4.78 is 5.30. The molecule has 2 aromatic rings. The maximum Gasteiger partial charge on any atom is 0.338 e. The minimum absolute atomic E-state index is 0.259. The third-order valence-corrected chi connectivity index (χ3v) is 3.18. The Kier molecular flexibility index (Phi) is 3.60. The molecule has 1 aliphatic heterocycles. The van der Waals surface area contributed by atoms with Gasteiger partial charge in [0.15, 0.2) is 0 Å². The van der Waals surface area contributed by atoms with Gasteiger partial charge >= 0.3 is 5.97 Å². The summed E-state index contributed by atoms with van der Waals surface area (Å²) in [6, 6.07) is 9.22. The zero-order chi connectivity index (χ0) is 13.8. The summed E-state index contributed by atoms with van der Waals surface area (Å²) in [4.78, 5) is 15.9.